The molecule has 2 aromatic heterocycles. The second-order valence-electron chi connectivity index (χ2n) is 7.18. The van der Waals surface area contributed by atoms with Crippen LogP contribution in [0.3, 0.4) is 0 Å². The lowest BCUT2D eigenvalue weighted by atomic mass is 9.97. The summed E-state index contributed by atoms with van der Waals surface area (Å²) in [4.78, 5) is 32.1. The van der Waals surface area contributed by atoms with E-state index in [2.05, 4.69) is 11.9 Å². The number of methoxy groups -OCH3 is 1. The summed E-state index contributed by atoms with van der Waals surface area (Å²) in [6, 6.07) is 5.41. The van der Waals surface area contributed by atoms with Gasteiger partial charge in [0.05, 0.1) is 18.1 Å². The average Bonchev–Trinajstić information content (AvgIpc) is 3.10. The van der Waals surface area contributed by atoms with Crippen LogP contribution in [0.25, 0.3) is 10.2 Å². The average molecular weight is 410 g/mol. The van der Waals surface area contributed by atoms with Crippen molar-refractivity contribution in [1.29, 1.82) is 0 Å². The molecule has 0 bridgehead atoms. The molecule has 4 rings (SSSR count). The molecule has 1 aliphatic carbocycles. The molecule has 1 aromatic carbocycles. The molecule has 0 radical (unpaired) electrons. The van der Waals surface area contributed by atoms with E-state index in [9.17, 15) is 9.59 Å². The first kappa shape index (κ1) is 19.4. The zero-order valence-electron chi connectivity index (χ0n) is 16.6. The molecule has 6 nitrogen and oxygen atoms in total. The fourth-order valence-corrected chi connectivity index (χ4v) is 5.04. The minimum atomic E-state index is -0.399. The molecule has 1 N–H and O–H groups in total. The fourth-order valence-electron chi connectivity index (χ4n) is 3.79. The maximum atomic E-state index is 13.3. The van der Waals surface area contributed by atoms with Crippen LogP contribution in [0, 0.1) is 6.92 Å². The standard InChI is InChI=1S/C22H23N3O3S/c1-4-11-25-20(26)18-15-7-5-6-8-17(15)29-19(18)24-22(25)23-14-10-9-13(2)16(12-14)21(27)28-3/h4,9-10,12H,1,5-8,11H2,2-3H3,(H,23,24). The third-order valence-corrected chi connectivity index (χ3v) is 6.47. The first-order valence-corrected chi connectivity index (χ1v) is 10.5. The lowest BCUT2D eigenvalue weighted by molar-refractivity contribution is 0.0600. The Morgan fingerprint density at radius 1 is 1.38 bits per heavy atom. The van der Waals surface area contributed by atoms with Crippen molar-refractivity contribution in [2.24, 2.45) is 0 Å². The maximum Gasteiger partial charge on any atom is 0.338 e. The molecule has 3 aromatic rings. The molecule has 150 valence electrons. The lowest BCUT2D eigenvalue weighted by Crippen LogP contribution is -2.24. The van der Waals surface area contributed by atoms with Crippen molar-refractivity contribution in [3.63, 3.8) is 0 Å². The predicted molar refractivity (Wildman–Crippen MR) is 117 cm³/mol. The summed E-state index contributed by atoms with van der Waals surface area (Å²) >= 11 is 1.62. The van der Waals surface area contributed by atoms with Gasteiger partial charge in [0.1, 0.15) is 4.83 Å². The summed E-state index contributed by atoms with van der Waals surface area (Å²) in [6.07, 6.45) is 5.91. The van der Waals surface area contributed by atoms with Gasteiger partial charge in [-0.15, -0.1) is 17.9 Å². The van der Waals surface area contributed by atoms with E-state index in [0.29, 0.717) is 23.7 Å². The lowest BCUT2D eigenvalue weighted by Gasteiger charge is -2.14. The molecule has 0 atom stereocenters. The van der Waals surface area contributed by atoms with Crippen LogP contribution in [-0.2, 0) is 24.1 Å². The van der Waals surface area contributed by atoms with Crippen LogP contribution in [0.1, 0.15) is 39.2 Å². The maximum absolute atomic E-state index is 13.3. The van der Waals surface area contributed by atoms with E-state index in [1.807, 2.05) is 19.1 Å². The number of hydrogen-bond acceptors (Lipinski definition) is 6. The van der Waals surface area contributed by atoms with Gasteiger partial charge in [0, 0.05) is 17.1 Å². The van der Waals surface area contributed by atoms with E-state index < -0.39 is 5.97 Å². The zero-order valence-corrected chi connectivity index (χ0v) is 17.4. The molecule has 29 heavy (non-hydrogen) atoms. The Labute approximate surface area is 172 Å². The van der Waals surface area contributed by atoms with Crippen molar-refractivity contribution in [2.75, 3.05) is 12.4 Å². The molecule has 0 saturated heterocycles. The second-order valence-corrected chi connectivity index (χ2v) is 8.26. The number of carbonyl (C=O) groups is 1. The van der Waals surface area contributed by atoms with E-state index in [0.717, 1.165) is 41.5 Å². The molecule has 0 fully saturated rings. The van der Waals surface area contributed by atoms with Gasteiger partial charge in [0.25, 0.3) is 5.56 Å². The number of ether oxygens (including phenoxy) is 1. The molecule has 0 unspecified atom stereocenters. The third kappa shape index (κ3) is 3.46. The zero-order chi connectivity index (χ0) is 20.5. The van der Waals surface area contributed by atoms with E-state index in [1.54, 1.807) is 28.0 Å². The summed E-state index contributed by atoms with van der Waals surface area (Å²) in [6.45, 7) is 5.99. The molecule has 1 aliphatic rings. The molecule has 0 saturated carbocycles. The normalized spacial score (nSPS) is 13.2. The van der Waals surface area contributed by atoms with Crippen molar-refractivity contribution in [1.82, 2.24) is 9.55 Å². The molecule has 2 heterocycles. The highest BCUT2D eigenvalue weighted by atomic mass is 32.1. The van der Waals surface area contributed by atoms with E-state index >= 15 is 0 Å². The van der Waals surface area contributed by atoms with E-state index in [-0.39, 0.29) is 5.56 Å². The van der Waals surface area contributed by atoms with Gasteiger partial charge in [0.15, 0.2) is 0 Å². The Hall–Kier alpha value is -2.93. The van der Waals surface area contributed by atoms with Gasteiger partial charge in [-0.1, -0.05) is 12.1 Å². The van der Waals surface area contributed by atoms with Gasteiger partial charge in [-0.05, 0) is 55.9 Å². The van der Waals surface area contributed by atoms with Gasteiger partial charge in [-0.2, -0.15) is 0 Å². The number of benzene rings is 1. The minimum absolute atomic E-state index is 0.0443. The second kappa shape index (κ2) is 7.83. The number of anilines is 2. The fraction of sp³-hybridized carbons (Fsp3) is 0.318. The number of esters is 1. The van der Waals surface area contributed by atoms with Crippen molar-refractivity contribution in [3.8, 4) is 0 Å². The quantitative estimate of drug-likeness (QED) is 0.501. The molecular weight excluding hydrogens is 386 g/mol. The Morgan fingerprint density at radius 2 is 2.17 bits per heavy atom. The Balaban J connectivity index is 1.83. The Kier molecular flexibility index (Phi) is 5.24. The van der Waals surface area contributed by atoms with Gasteiger partial charge >= 0.3 is 5.97 Å². The number of nitrogens with zero attached hydrogens (tertiary/aromatic N) is 2. The highest BCUT2D eigenvalue weighted by Gasteiger charge is 2.22. The van der Waals surface area contributed by atoms with Crippen LogP contribution < -0.4 is 10.9 Å². The predicted octanol–water partition coefficient (Wildman–Crippen LogP) is 4.36. The van der Waals surface area contributed by atoms with Gasteiger partial charge in [0.2, 0.25) is 5.95 Å². The Bertz CT molecular complexity index is 1180. The van der Waals surface area contributed by atoms with Gasteiger partial charge < -0.3 is 10.1 Å². The number of aryl methyl sites for hydroxylation is 3. The monoisotopic (exact) mass is 409 g/mol. The summed E-state index contributed by atoms with van der Waals surface area (Å²) in [7, 11) is 1.36. The third-order valence-electron chi connectivity index (χ3n) is 5.29. The summed E-state index contributed by atoms with van der Waals surface area (Å²) < 4.78 is 6.46. The summed E-state index contributed by atoms with van der Waals surface area (Å²) in [5.74, 6) is 0.0460. The minimum Gasteiger partial charge on any atom is -0.465 e. The molecular formula is C22H23N3O3S. The van der Waals surface area contributed by atoms with Gasteiger partial charge in [-0.25, -0.2) is 9.78 Å². The number of aromatic nitrogens is 2. The smallest absolute Gasteiger partial charge is 0.338 e. The van der Waals surface area contributed by atoms with Crippen molar-refractivity contribution >= 4 is 39.2 Å². The number of fused-ring (bicyclic) bond motifs is 3. The first-order chi connectivity index (χ1) is 14.0. The summed E-state index contributed by atoms with van der Waals surface area (Å²) in [5, 5.41) is 3.97. The number of nitrogens with one attached hydrogen (secondary N) is 1. The number of thiophene rings is 1. The van der Waals surface area contributed by atoms with Gasteiger partial charge in [-0.3, -0.25) is 9.36 Å². The molecule has 0 aliphatic heterocycles. The number of carbonyl (C=O) groups excluding carboxylic acids is 1. The first-order valence-electron chi connectivity index (χ1n) is 9.65. The van der Waals surface area contributed by atoms with E-state index in [1.165, 1.54) is 17.6 Å². The molecule has 0 spiro atoms. The molecule has 0 amide bonds. The topological polar surface area (TPSA) is 73.2 Å². The number of rotatable bonds is 5. The van der Waals surface area contributed by atoms with Crippen LogP contribution in [0.5, 0.6) is 0 Å². The summed E-state index contributed by atoms with van der Waals surface area (Å²) in [5.41, 5.74) is 3.09. The largest absolute Gasteiger partial charge is 0.465 e. The number of hydrogen-bond donors (Lipinski definition) is 1. The van der Waals surface area contributed by atoms with Crippen molar-refractivity contribution in [3.05, 3.63) is 62.8 Å². The van der Waals surface area contributed by atoms with Crippen LogP contribution in [0.15, 0.2) is 35.6 Å². The highest BCUT2D eigenvalue weighted by Crippen LogP contribution is 2.34. The Morgan fingerprint density at radius 3 is 2.93 bits per heavy atom. The SMILES string of the molecule is C=CCn1c(Nc2ccc(C)c(C(=O)OC)c2)nc2sc3c(c2c1=O)CCCC3. The van der Waals surface area contributed by atoms with Crippen molar-refractivity contribution in [2.45, 2.75) is 39.2 Å². The highest BCUT2D eigenvalue weighted by molar-refractivity contribution is 7.18. The van der Waals surface area contributed by atoms with Crippen LogP contribution >= 0.6 is 11.3 Å². The van der Waals surface area contributed by atoms with Crippen LogP contribution in [0.2, 0.25) is 0 Å². The van der Waals surface area contributed by atoms with Crippen LogP contribution in [-0.4, -0.2) is 22.6 Å². The number of allylic oxidation sites excluding steroid dienone is 1. The van der Waals surface area contributed by atoms with E-state index in [4.69, 9.17) is 9.72 Å². The molecule has 7 heteroatoms. The van der Waals surface area contributed by atoms with Crippen molar-refractivity contribution < 1.29 is 9.53 Å². The van der Waals surface area contributed by atoms with Crippen LogP contribution in [0.4, 0.5) is 11.6 Å².